The molecule has 2 aromatic rings. The number of carbonyl (C=O) groups excluding carboxylic acids is 1. The SMILES string of the molecule is COc1cc(NC(=O)CSc2nc(C)cc(=O)[nH]2)c(C)cc1[N+](=O)[O-]. The van der Waals surface area contributed by atoms with Gasteiger partial charge in [0.2, 0.25) is 5.91 Å². The lowest BCUT2D eigenvalue weighted by atomic mass is 10.1. The summed E-state index contributed by atoms with van der Waals surface area (Å²) in [6.45, 7) is 3.33. The fraction of sp³-hybridized carbons (Fsp3) is 0.267. The Morgan fingerprint density at radius 1 is 1.40 bits per heavy atom. The summed E-state index contributed by atoms with van der Waals surface area (Å²) >= 11 is 1.08. The molecule has 0 aliphatic rings. The van der Waals surface area contributed by atoms with E-state index in [9.17, 15) is 19.7 Å². The smallest absolute Gasteiger partial charge is 0.311 e. The molecule has 0 atom stereocenters. The number of nitro groups is 1. The minimum Gasteiger partial charge on any atom is -0.490 e. The van der Waals surface area contributed by atoms with E-state index < -0.39 is 4.92 Å². The lowest BCUT2D eigenvalue weighted by Gasteiger charge is -2.10. The molecule has 0 saturated heterocycles. The van der Waals surface area contributed by atoms with Crippen LogP contribution in [-0.2, 0) is 4.79 Å². The number of hydrogen-bond acceptors (Lipinski definition) is 7. The molecule has 2 N–H and O–H groups in total. The van der Waals surface area contributed by atoms with Crippen LogP contribution in [0.15, 0.2) is 28.2 Å². The topological polar surface area (TPSA) is 127 Å². The predicted octanol–water partition coefficient (Wildman–Crippen LogP) is 2.03. The average Bonchev–Trinajstić information content (AvgIpc) is 2.53. The number of ether oxygens (including phenoxy) is 1. The van der Waals surface area contributed by atoms with E-state index in [4.69, 9.17) is 4.74 Å². The van der Waals surface area contributed by atoms with Crippen molar-refractivity contribution in [1.82, 2.24) is 9.97 Å². The van der Waals surface area contributed by atoms with Crippen molar-refractivity contribution in [1.29, 1.82) is 0 Å². The van der Waals surface area contributed by atoms with Crippen molar-refractivity contribution < 1.29 is 14.5 Å². The normalized spacial score (nSPS) is 10.4. The van der Waals surface area contributed by atoms with E-state index in [2.05, 4.69) is 15.3 Å². The number of rotatable bonds is 6. The minimum atomic E-state index is -0.549. The highest BCUT2D eigenvalue weighted by atomic mass is 32.2. The number of H-pyrrole nitrogens is 1. The predicted molar refractivity (Wildman–Crippen MR) is 93.3 cm³/mol. The van der Waals surface area contributed by atoms with Gasteiger partial charge in [-0.15, -0.1) is 0 Å². The summed E-state index contributed by atoms with van der Waals surface area (Å²) in [5, 5.41) is 14.0. The molecule has 0 aliphatic heterocycles. The summed E-state index contributed by atoms with van der Waals surface area (Å²) in [6, 6.07) is 4.10. The fourth-order valence-electron chi connectivity index (χ4n) is 2.05. The van der Waals surface area contributed by atoms with E-state index >= 15 is 0 Å². The van der Waals surface area contributed by atoms with Crippen LogP contribution in [0, 0.1) is 24.0 Å². The number of methoxy groups -OCH3 is 1. The maximum absolute atomic E-state index is 12.1. The van der Waals surface area contributed by atoms with Gasteiger partial charge in [0.05, 0.1) is 17.8 Å². The first-order valence-electron chi connectivity index (χ1n) is 7.13. The summed E-state index contributed by atoms with van der Waals surface area (Å²) in [7, 11) is 1.32. The number of carbonyl (C=O) groups is 1. The van der Waals surface area contributed by atoms with E-state index in [1.54, 1.807) is 13.8 Å². The van der Waals surface area contributed by atoms with Gasteiger partial charge in [-0.1, -0.05) is 11.8 Å². The third-order valence-electron chi connectivity index (χ3n) is 3.18. The molecule has 0 fully saturated rings. The van der Waals surface area contributed by atoms with Gasteiger partial charge in [0.1, 0.15) is 0 Å². The zero-order valence-corrected chi connectivity index (χ0v) is 14.6. The van der Waals surface area contributed by atoms with Crippen LogP contribution in [0.3, 0.4) is 0 Å². The van der Waals surface area contributed by atoms with Gasteiger partial charge in [-0.2, -0.15) is 0 Å². The third-order valence-corrected chi connectivity index (χ3v) is 4.06. The van der Waals surface area contributed by atoms with E-state index in [0.717, 1.165) is 11.8 Å². The molecule has 0 bridgehead atoms. The fourth-order valence-corrected chi connectivity index (χ4v) is 2.78. The molecule has 25 heavy (non-hydrogen) atoms. The molecule has 0 spiro atoms. The Hall–Kier alpha value is -2.88. The zero-order chi connectivity index (χ0) is 18.6. The molecule has 0 unspecified atom stereocenters. The monoisotopic (exact) mass is 364 g/mol. The van der Waals surface area contributed by atoms with Gasteiger partial charge < -0.3 is 15.0 Å². The molecule has 1 heterocycles. The van der Waals surface area contributed by atoms with Gasteiger partial charge >= 0.3 is 5.69 Å². The first kappa shape index (κ1) is 18.5. The quantitative estimate of drug-likeness (QED) is 0.347. The minimum absolute atomic E-state index is 0.0190. The van der Waals surface area contributed by atoms with Crippen LogP contribution < -0.4 is 15.6 Å². The Morgan fingerprint density at radius 3 is 2.72 bits per heavy atom. The number of nitrogens with one attached hydrogen (secondary N) is 2. The summed E-state index contributed by atoms with van der Waals surface area (Å²) in [6.07, 6.45) is 0. The number of aromatic nitrogens is 2. The molecule has 1 aromatic carbocycles. The standard InChI is InChI=1S/C15H16N4O5S/c1-8-4-11(19(22)23)12(24-3)6-10(8)17-14(21)7-25-15-16-9(2)5-13(20)18-15/h4-6H,7H2,1-3H3,(H,17,21)(H,16,18,20). The van der Waals surface area contributed by atoms with Gasteiger partial charge in [-0.05, 0) is 19.4 Å². The molecule has 132 valence electrons. The van der Waals surface area contributed by atoms with Gasteiger partial charge in [-0.25, -0.2) is 4.98 Å². The van der Waals surface area contributed by atoms with Crippen molar-refractivity contribution in [3.63, 3.8) is 0 Å². The van der Waals surface area contributed by atoms with Crippen molar-refractivity contribution in [2.75, 3.05) is 18.2 Å². The van der Waals surface area contributed by atoms with Crippen LogP contribution in [0.5, 0.6) is 5.75 Å². The maximum atomic E-state index is 12.1. The maximum Gasteiger partial charge on any atom is 0.311 e. The first-order valence-corrected chi connectivity index (χ1v) is 8.12. The van der Waals surface area contributed by atoms with Gasteiger partial charge in [0, 0.05) is 29.6 Å². The van der Waals surface area contributed by atoms with Crippen molar-refractivity contribution in [3.05, 3.63) is 49.9 Å². The lowest BCUT2D eigenvalue weighted by molar-refractivity contribution is -0.385. The first-order chi connectivity index (χ1) is 11.8. The van der Waals surface area contributed by atoms with Crippen LogP contribution in [0.1, 0.15) is 11.3 Å². The molecule has 0 radical (unpaired) electrons. The lowest BCUT2D eigenvalue weighted by Crippen LogP contribution is -2.16. The van der Waals surface area contributed by atoms with Crippen molar-refractivity contribution in [2.24, 2.45) is 0 Å². The molecule has 2 rings (SSSR count). The second kappa shape index (κ2) is 7.79. The Labute approximate surface area is 147 Å². The largest absolute Gasteiger partial charge is 0.490 e. The van der Waals surface area contributed by atoms with E-state index in [-0.39, 0.29) is 28.7 Å². The van der Waals surface area contributed by atoms with Crippen LogP contribution in [0.4, 0.5) is 11.4 Å². The Balaban J connectivity index is 2.09. The summed E-state index contributed by atoms with van der Waals surface area (Å²) in [5.74, 6) is -0.262. The summed E-state index contributed by atoms with van der Waals surface area (Å²) in [5.41, 5.74) is 1.05. The Bertz CT molecular complexity index is 881. The molecule has 1 aromatic heterocycles. The molecule has 10 heteroatoms. The van der Waals surface area contributed by atoms with Gasteiger partial charge in [-0.3, -0.25) is 19.7 Å². The molecule has 0 saturated carbocycles. The number of nitro benzene ring substituents is 1. The summed E-state index contributed by atoms with van der Waals surface area (Å²) in [4.78, 5) is 40.6. The van der Waals surface area contributed by atoms with E-state index in [1.165, 1.54) is 25.3 Å². The van der Waals surface area contributed by atoms with Crippen molar-refractivity contribution >= 4 is 29.0 Å². The van der Waals surface area contributed by atoms with Crippen LogP contribution in [-0.4, -0.2) is 33.7 Å². The number of amides is 1. The number of aromatic amines is 1. The van der Waals surface area contributed by atoms with Crippen LogP contribution in [0.2, 0.25) is 0 Å². The average molecular weight is 364 g/mol. The second-order valence-corrected chi connectivity index (χ2v) is 6.09. The van der Waals surface area contributed by atoms with Crippen molar-refractivity contribution in [3.8, 4) is 5.75 Å². The molecular weight excluding hydrogens is 348 g/mol. The molecule has 0 aliphatic carbocycles. The van der Waals surface area contributed by atoms with Crippen LogP contribution in [0.25, 0.3) is 0 Å². The molecular formula is C15H16N4O5S. The number of hydrogen-bond donors (Lipinski definition) is 2. The Kier molecular flexibility index (Phi) is 5.75. The van der Waals surface area contributed by atoms with Gasteiger partial charge in [0.25, 0.3) is 5.56 Å². The number of nitrogens with zero attached hydrogens (tertiary/aromatic N) is 2. The van der Waals surface area contributed by atoms with Gasteiger partial charge in [0.15, 0.2) is 10.9 Å². The number of benzene rings is 1. The third kappa shape index (κ3) is 4.80. The second-order valence-electron chi connectivity index (χ2n) is 5.12. The molecule has 9 nitrogen and oxygen atoms in total. The van der Waals surface area contributed by atoms with E-state index in [0.29, 0.717) is 22.1 Å². The summed E-state index contributed by atoms with van der Waals surface area (Å²) < 4.78 is 4.99. The number of aryl methyl sites for hydroxylation is 2. The zero-order valence-electron chi connectivity index (χ0n) is 13.8. The highest BCUT2D eigenvalue weighted by Crippen LogP contribution is 2.32. The highest BCUT2D eigenvalue weighted by molar-refractivity contribution is 7.99. The highest BCUT2D eigenvalue weighted by Gasteiger charge is 2.18. The number of anilines is 1. The van der Waals surface area contributed by atoms with Crippen molar-refractivity contribution in [2.45, 2.75) is 19.0 Å². The number of thioether (sulfide) groups is 1. The molecule has 1 amide bonds. The Morgan fingerprint density at radius 2 is 2.12 bits per heavy atom. The van der Waals surface area contributed by atoms with Crippen LogP contribution >= 0.6 is 11.8 Å². The van der Waals surface area contributed by atoms with E-state index in [1.807, 2.05) is 0 Å².